The molecule has 3 aliphatic heterocycles. The van der Waals surface area contributed by atoms with Gasteiger partial charge in [-0.1, -0.05) is 12.1 Å². The van der Waals surface area contributed by atoms with Crippen molar-refractivity contribution in [3.05, 3.63) is 47.4 Å². The summed E-state index contributed by atoms with van der Waals surface area (Å²) in [5.41, 5.74) is 0.338. The van der Waals surface area contributed by atoms with Crippen LogP contribution in [0, 0.1) is 5.82 Å². The fraction of sp³-hybridized carbons (Fsp3) is 0.455. The van der Waals surface area contributed by atoms with Gasteiger partial charge in [-0.15, -0.1) is 0 Å². The predicted molar refractivity (Wildman–Crippen MR) is 110 cm³/mol. The number of carbonyl (C=O) groups is 3. The fourth-order valence-electron chi connectivity index (χ4n) is 4.13. The van der Waals surface area contributed by atoms with Crippen molar-refractivity contribution in [2.75, 3.05) is 33.4 Å². The molecule has 9 nitrogen and oxygen atoms in total. The lowest BCUT2D eigenvalue weighted by atomic mass is 9.93. The minimum absolute atomic E-state index is 0.0220. The molecule has 3 atom stereocenters. The Hall–Kier alpha value is -3.18. The van der Waals surface area contributed by atoms with Crippen molar-refractivity contribution < 1.29 is 37.4 Å². The molecule has 0 aliphatic carbocycles. The second kappa shape index (κ2) is 9.36. The molecule has 11 heteroatoms. The monoisotopic (exact) mass is 463 g/mol. The van der Waals surface area contributed by atoms with E-state index >= 15 is 0 Å². The van der Waals surface area contributed by atoms with Crippen LogP contribution in [0.1, 0.15) is 17.9 Å². The quantitative estimate of drug-likeness (QED) is 0.649. The van der Waals surface area contributed by atoms with Gasteiger partial charge in [0.1, 0.15) is 23.7 Å². The summed E-state index contributed by atoms with van der Waals surface area (Å²) in [6, 6.07) is 4.44. The van der Waals surface area contributed by atoms with Crippen LogP contribution < -0.4 is 5.32 Å². The maximum Gasteiger partial charge on any atom is 0.328 e. The third kappa shape index (κ3) is 4.79. The number of halogens is 2. The van der Waals surface area contributed by atoms with Gasteiger partial charge in [-0.3, -0.25) is 14.6 Å². The normalized spacial score (nSPS) is 25.7. The zero-order valence-electron chi connectivity index (χ0n) is 17.8. The van der Waals surface area contributed by atoms with Gasteiger partial charge in [-0.25, -0.2) is 13.6 Å². The summed E-state index contributed by atoms with van der Waals surface area (Å²) in [5.74, 6) is -4.15. The molecule has 1 N–H and O–H groups in total. The second-order valence-corrected chi connectivity index (χ2v) is 7.91. The number of hydrogen-bond acceptors (Lipinski definition) is 7. The second-order valence-electron chi connectivity index (χ2n) is 7.91. The van der Waals surface area contributed by atoms with E-state index in [1.807, 2.05) is 0 Å². The van der Waals surface area contributed by atoms with Crippen LogP contribution in [0.5, 0.6) is 0 Å². The lowest BCUT2D eigenvalue weighted by Gasteiger charge is -2.24. The number of likely N-dealkylation sites (tertiary alicyclic amines) is 1. The Kier molecular flexibility index (Phi) is 6.52. The molecule has 2 saturated heterocycles. The molecule has 3 aliphatic rings. The molecular weight excluding hydrogens is 440 g/mol. The lowest BCUT2D eigenvalue weighted by molar-refractivity contribution is -0.152. The molecule has 3 heterocycles. The van der Waals surface area contributed by atoms with Gasteiger partial charge in [-0.05, 0) is 23.8 Å². The number of hydrogen-bond donors (Lipinski definition) is 1. The number of nitrogens with zero attached hydrogens (tertiary/aromatic N) is 2. The summed E-state index contributed by atoms with van der Waals surface area (Å²) in [7, 11) is 1.22. The Balaban J connectivity index is 1.36. The fourth-order valence-corrected chi connectivity index (χ4v) is 4.13. The first-order valence-electron chi connectivity index (χ1n) is 10.4. The van der Waals surface area contributed by atoms with E-state index in [1.165, 1.54) is 42.5 Å². The van der Waals surface area contributed by atoms with E-state index in [0.29, 0.717) is 18.8 Å². The first-order valence-corrected chi connectivity index (χ1v) is 10.4. The van der Waals surface area contributed by atoms with Gasteiger partial charge in [0.05, 0.1) is 39.3 Å². The van der Waals surface area contributed by atoms with Crippen LogP contribution in [0.4, 0.5) is 8.78 Å². The third-order valence-electron chi connectivity index (χ3n) is 5.82. The third-order valence-corrected chi connectivity index (χ3v) is 5.82. The maximum absolute atomic E-state index is 14.6. The highest BCUT2D eigenvalue weighted by Gasteiger charge is 2.53. The molecule has 4 rings (SSSR count). The first-order chi connectivity index (χ1) is 15.8. The van der Waals surface area contributed by atoms with E-state index in [1.54, 1.807) is 0 Å². The Morgan fingerprint density at radius 1 is 1.24 bits per heavy atom. The number of carbonyl (C=O) groups excluding carboxylic acids is 3. The first kappa shape index (κ1) is 23.0. The van der Waals surface area contributed by atoms with Crippen LogP contribution in [0.3, 0.4) is 0 Å². The van der Waals surface area contributed by atoms with Crippen molar-refractivity contribution in [1.82, 2.24) is 10.2 Å². The molecule has 0 bridgehead atoms. The van der Waals surface area contributed by atoms with Crippen LogP contribution >= 0.6 is 0 Å². The van der Waals surface area contributed by atoms with E-state index in [9.17, 15) is 23.2 Å². The number of benzene rings is 1. The zero-order valence-corrected chi connectivity index (χ0v) is 17.8. The number of alkyl halides is 1. The number of allylic oxidation sites excluding steroid dienone is 1. The number of amides is 2. The van der Waals surface area contributed by atoms with Crippen LogP contribution in [-0.4, -0.2) is 80.3 Å². The molecule has 1 aromatic rings. The molecule has 2 fully saturated rings. The van der Waals surface area contributed by atoms with Crippen LogP contribution in [-0.2, 0) is 28.6 Å². The van der Waals surface area contributed by atoms with Crippen molar-refractivity contribution in [2.24, 2.45) is 4.99 Å². The zero-order chi connectivity index (χ0) is 23.6. The Morgan fingerprint density at radius 3 is 2.58 bits per heavy atom. The van der Waals surface area contributed by atoms with Gasteiger partial charge in [0.2, 0.25) is 5.91 Å². The molecule has 0 radical (unpaired) electrons. The van der Waals surface area contributed by atoms with E-state index < -0.39 is 54.1 Å². The lowest BCUT2D eigenvalue weighted by Crippen LogP contribution is -2.46. The van der Waals surface area contributed by atoms with E-state index in [2.05, 4.69) is 10.3 Å². The Morgan fingerprint density at radius 2 is 1.94 bits per heavy atom. The van der Waals surface area contributed by atoms with E-state index in [0.717, 1.165) is 6.08 Å². The molecule has 2 amide bonds. The van der Waals surface area contributed by atoms with Crippen LogP contribution in [0.25, 0.3) is 0 Å². The molecule has 33 heavy (non-hydrogen) atoms. The van der Waals surface area contributed by atoms with E-state index in [4.69, 9.17) is 14.2 Å². The number of nitrogens with one attached hydrogen (secondary N) is 1. The van der Waals surface area contributed by atoms with Crippen molar-refractivity contribution in [3.8, 4) is 0 Å². The van der Waals surface area contributed by atoms with Crippen molar-refractivity contribution in [3.63, 3.8) is 0 Å². The largest absolute Gasteiger partial charge is 0.467 e. The highest BCUT2D eigenvalue weighted by molar-refractivity contribution is 5.98. The Bertz CT molecular complexity index is 990. The average molecular weight is 463 g/mol. The molecular formula is C22H23F2N3O6. The van der Waals surface area contributed by atoms with Crippen molar-refractivity contribution in [2.45, 2.75) is 30.3 Å². The highest BCUT2D eigenvalue weighted by Crippen LogP contribution is 2.35. The highest BCUT2D eigenvalue weighted by atomic mass is 19.1. The van der Waals surface area contributed by atoms with Crippen LogP contribution in [0.15, 0.2) is 41.0 Å². The minimum Gasteiger partial charge on any atom is -0.467 e. The summed E-state index contributed by atoms with van der Waals surface area (Å²) >= 11 is 0. The average Bonchev–Trinajstić information content (AvgIpc) is 3.44. The van der Waals surface area contributed by atoms with Gasteiger partial charge in [-0.2, -0.15) is 0 Å². The standard InChI is InChI=1S/C22H23F2N3O6/c1-31-21(30)18-9-22(32-6-7-33-22)12-27(18)19(28)11-26-20(29)17-8-16(24)15(10-25-17)13-2-4-14(23)5-3-13/h2-5,8,10,15-16,18H,6-7,9,11-12H2,1H3,(H,26,29). The van der Waals surface area contributed by atoms with Gasteiger partial charge >= 0.3 is 5.97 Å². The van der Waals surface area contributed by atoms with Gasteiger partial charge in [0, 0.05) is 12.6 Å². The van der Waals surface area contributed by atoms with E-state index in [-0.39, 0.29) is 18.7 Å². The number of methoxy groups -OCH3 is 1. The minimum atomic E-state index is -1.55. The summed E-state index contributed by atoms with van der Waals surface area (Å²) in [4.78, 5) is 42.6. The Labute approximate surface area is 188 Å². The number of ether oxygens (including phenoxy) is 3. The van der Waals surface area contributed by atoms with Gasteiger partial charge in [0.25, 0.3) is 5.91 Å². The molecule has 176 valence electrons. The SMILES string of the molecule is COC(=O)C1CC2(CN1C(=O)CNC(=O)C1=CC(F)C(c3ccc(F)cc3)C=N1)OCCO2. The molecule has 0 saturated carbocycles. The molecule has 3 unspecified atom stereocenters. The van der Waals surface area contributed by atoms with Crippen molar-refractivity contribution in [1.29, 1.82) is 0 Å². The maximum atomic E-state index is 14.6. The predicted octanol–water partition coefficient (Wildman–Crippen LogP) is 0.849. The number of aliphatic imine (C=N–C) groups is 1. The smallest absolute Gasteiger partial charge is 0.328 e. The summed E-state index contributed by atoms with van der Waals surface area (Å²) in [6.07, 6.45) is 0.906. The summed E-state index contributed by atoms with van der Waals surface area (Å²) in [6.45, 7) is 0.284. The van der Waals surface area contributed by atoms with Gasteiger partial charge < -0.3 is 24.4 Å². The molecule has 0 aromatic heterocycles. The number of rotatable bonds is 5. The van der Waals surface area contributed by atoms with Gasteiger partial charge in [0.15, 0.2) is 5.79 Å². The number of esters is 1. The molecule has 1 aromatic carbocycles. The topological polar surface area (TPSA) is 107 Å². The summed E-state index contributed by atoms with van der Waals surface area (Å²) < 4.78 is 43.7. The molecule has 1 spiro atoms. The van der Waals surface area contributed by atoms with Crippen LogP contribution in [0.2, 0.25) is 0 Å². The summed E-state index contributed by atoms with van der Waals surface area (Å²) in [5, 5.41) is 2.41. The van der Waals surface area contributed by atoms with Crippen molar-refractivity contribution >= 4 is 24.0 Å².